The monoisotopic (exact) mass is 516 g/mol. The van der Waals surface area contributed by atoms with Crippen molar-refractivity contribution in [2.24, 2.45) is 5.73 Å². The summed E-state index contributed by atoms with van der Waals surface area (Å²) in [5.74, 6) is -3.70. The number of carboxylic acids is 2. The van der Waals surface area contributed by atoms with Gasteiger partial charge < -0.3 is 26.6 Å². The zero-order valence-electron chi connectivity index (χ0n) is 11.0. The summed E-state index contributed by atoms with van der Waals surface area (Å²) in [6.45, 7) is -0.567. The third-order valence-corrected chi connectivity index (χ3v) is 2.61. The second kappa shape index (κ2) is 11.7. The number of hydrogen-bond donors (Lipinski definition) is 6. The molecule has 0 heterocycles. The van der Waals surface area contributed by atoms with Crippen molar-refractivity contribution >= 4 is 62.6 Å². The van der Waals surface area contributed by atoms with Crippen molar-refractivity contribution < 1.29 is 29.4 Å². The average molecular weight is 516 g/mol. The first-order valence-electron chi connectivity index (χ1n) is 5.66. The van der Waals surface area contributed by atoms with Gasteiger partial charge in [-0.1, -0.05) is 0 Å². The molecular weight excluding hydrogens is 499 g/mol. The van der Waals surface area contributed by atoms with Crippen LogP contribution in [0.2, 0.25) is 0 Å². The van der Waals surface area contributed by atoms with Crippen LogP contribution in [0.5, 0.6) is 0 Å². The van der Waals surface area contributed by atoms with Crippen molar-refractivity contribution in [3.8, 4) is 0 Å². The Morgan fingerprint density at radius 2 is 1.76 bits per heavy atom. The normalized spacial score (nSPS) is 12.5. The van der Waals surface area contributed by atoms with E-state index in [0.29, 0.717) is 0 Å². The molecule has 0 aliphatic heterocycles. The molecule has 3 radical (unpaired) electrons. The molecule has 9 nitrogen and oxygen atoms in total. The Morgan fingerprint density at radius 3 is 2.19 bits per heavy atom. The fraction of sp³-hybridized carbons (Fsp3) is 0.600. The van der Waals surface area contributed by atoms with Gasteiger partial charge in [0.15, 0.2) is 0 Å². The van der Waals surface area contributed by atoms with E-state index in [-0.39, 0.29) is 44.8 Å². The van der Waals surface area contributed by atoms with Crippen LogP contribution in [0.4, 0.5) is 0 Å². The molecule has 0 unspecified atom stereocenters. The first kappa shape index (κ1) is 22.4. The van der Waals surface area contributed by atoms with Gasteiger partial charge in [0.25, 0.3) is 0 Å². The summed E-state index contributed by atoms with van der Waals surface area (Å²) in [7, 11) is 0. The van der Waals surface area contributed by atoms with Crippen LogP contribution in [0.3, 0.4) is 0 Å². The standard InChI is InChI=1S/C10H17N3O6S.Bi/c11-5(10(18)19)1-2-7(14)13-6(4-20)9(17)12-3-8(15)16;/h5-6,20H,1-4,11H2,(H,12,17)(H,13,14)(H,15,16)(H,18,19);/t5-,6-;/m0./s1. The van der Waals surface area contributed by atoms with E-state index in [1.54, 1.807) is 0 Å². The van der Waals surface area contributed by atoms with Crippen molar-refractivity contribution in [2.45, 2.75) is 24.9 Å². The van der Waals surface area contributed by atoms with Gasteiger partial charge in [0, 0.05) is 38.4 Å². The van der Waals surface area contributed by atoms with Gasteiger partial charge in [0.05, 0.1) is 0 Å². The summed E-state index contributed by atoms with van der Waals surface area (Å²) in [5, 5.41) is 21.4. The number of amides is 2. The number of carbonyl (C=O) groups excluding carboxylic acids is 2. The number of carboxylic acid groups (broad SMARTS) is 2. The molecule has 0 aromatic carbocycles. The van der Waals surface area contributed by atoms with Gasteiger partial charge >= 0.3 is 11.9 Å². The summed E-state index contributed by atoms with van der Waals surface area (Å²) in [6, 6.07) is -2.15. The van der Waals surface area contributed by atoms with Crippen LogP contribution in [0.25, 0.3) is 0 Å². The Morgan fingerprint density at radius 1 is 1.19 bits per heavy atom. The third kappa shape index (κ3) is 10.4. The van der Waals surface area contributed by atoms with Crippen LogP contribution in [0, 0.1) is 0 Å². The minimum absolute atomic E-state index is 0. The van der Waals surface area contributed by atoms with E-state index < -0.39 is 42.4 Å². The van der Waals surface area contributed by atoms with E-state index in [4.69, 9.17) is 15.9 Å². The largest absolute Gasteiger partial charge is 0.480 e. The predicted molar refractivity (Wildman–Crippen MR) is 77.0 cm³/mol. The maximum atomic E-state index is 11.5. The number of hydrogen-bond acceptors (Lipinski definition) is 6. The van der Waals surface area contributed by atoms with Gasteiger partial charge in [-0.05, 0) is 6.42 Å². The van der Waals surface area contributed by atoms with Crippen molar-refractivity contribution in [2.75, 3.05) is 12.3 Å². The van der Waals surface area contributed by atoms with Gasteiger partial charge in [-0.3, -0.25) is 19.2 Å². The Hall–Kier alpha value is -0.927. The maximum Gasteiger partial charge on any atom is 0.322 e. The Kier molecular flexibility index (Phi) is 12.5. The van der Waals surface area contributed by atoms with Crippen molar-refractivity contribution in [1.82, 2.24) is 10.6 Å². The molecule has 0 aromatic heterocycles. The molecule has 0 rings (SSSR count). The van der Waals surface area contributed by atoms with Crippen LogP contribution >= 0.6 is 12.6 Å². The van der Waals surface area contributed by atoms with Crippen LogP contribution in [-0.4, -0.2) is 84.6 Å². The SMILES string of the molecule is N[C@@H](CCC(=O)N[C@@H](CS)C(=O)NCC(=O)O)C(=O)O.[Bi]. The zero-order chi connectivity index (χ0) is 15.7. The van der Waals surface area contributed by atoms with Gasteiger partial charge in [-0.2, -0.15) is 12.6 Å². The Labute approximate surface area is 145 Å². The van der Waals surface area contributed by atoms with Crippen molar-refractivity contribution in [3.05, 3.63) is 0 Å². The molecule has 11 heteroatoms. The quantitative estimate of drug-likeness (QED) is 0.145. The minimum atomic E-state index is -1.22. The van der Waals surface area contributed by atoms with Crippen LogP contribution in [-0.2, 0) is 19.2 Å². The molecule has 0 aromatic rings. The van der Waals surface area contributed by atoms with Gasteiger partial charge in [0.2, 0.25) is 11.8 Å². The summed E-state index contributed by atoms with van der Waals surface area (Å²) in [4.78, 5) is 43.7. The van der Waals surface area contributed by atoms with E-state index in [2.05, 4.69) is 23.3 Å². The number of carbonyl (C=O) groups is 4. The first-order valence-corrected chi connectivity index (χ1v) is 6.29. The number of rotatable bonds is 9. The molecule has 2 atom stereocenters. The second-order valence-electron chi connectivity index (χ2n) is 3.90. The molecule has 0 aliphatic rings. The number of thiol groups is 1. The predicted octanol–water partition coefficient (Wildman–Crippen LogP) is -2.59. The van der Waals surface area contributed by atoms with E-state index in [9.17, 15) is 19.2 Å². The summed E-state index contributed by atoms with van der Waals surface area (Å²) < 4.78 is 0. The molecule has 0 bridgehead atoms. The molecule has 21 heavy (non-hydrogen) atoms. The average Bonchev–Trinajstić information content (AvgIpc) is 2.38. The molecule has 0 spiro atoms. The third-order valence-electron chi connectivity index (χ3n) is 2.25. The number of nitrogens with two attached hydrogens (primary N) is 1. The molecule has 0 saturated heterocycles. The fourth-order valence-electron chi connectivity index (χ4n) is 1.16. The summed E-state index contributed by atoms with van der Waals surface area (Å²) >= 11 is 3.87. The van der Waals surface area contributed by atoms with Crippen molar-refractivity contribution in [1.29, 1.82) is 0 Å². The molecule has 119 valence electrons. The topological polar surface area (TPSA) is 159 Å². The van der Waals surface area contributed by atoms with E-state index in [1.807, 2.05) is 0 Å². The van der Waals surface area contributed by atoms with Gasteiger partial charge in [-0.15, -0.1) is 0 Å². The summed E-state index contributed by atoms with van der Waals surface area (Å²) in [6.07, 6.45) is -0.235. The molecule has 0 fully saturated rings. The van der Waals surface area contributed by atoms with Crippen LogP contribution in [0.1, 0.15) is 12.8 Å². The molecular formula is C10H17BiN3O6S. The van der Waals surface area contributed by atoms with E-state index in [0.717, 1.165) is 0 Å². The van der Waals surface area contributed by atoms with Crippen LogP contribution < -0.4 is 16.4 Å². The molecule has 0 aliphatic carbocycles. The smallest absolute Gasteiger partial charge is 0.322 e. The fourth-order valence-corrected chi connectivity index (χ4v) is 1.41. The molecule has 6 N–H and O–H groups in total. The van der Waals surface area contributed by atoms with E-state index in [1.165, 1.54) is 0 Å². The number of nitrogens with one attached hydrogen (secondary N) is 2. The molecule has 0 saturated carbocycles. The molecule has 2 amide bonds. The van der Waals surface area contributed by atoms with Gasteiger partial charge in [-0.25, -0.2) is 0 Å². The van der Waals surface area contributed by atoms with E-state index >= 15 is 0 Å². The summed E-state index contributed by atoms with van der Waals surface area (Å²) in [5.41, 5.74) is 5.23. The number of aliphatic carboxylic acids is 2. The van der Waals surface area contributed by atoms with Gasteiger partial charge in [0.1, 0.15) is 18.6 Å². The minimum Gasteiger partial charge on any atom is -0.480 e. The second-order valence-corrected chi connectivity index (χ2v) is 4.26. The maximum absolute atomic E-state index is 11.5. The Balaban J connectivity index is 0. The first-order chi connectivity index (χ1) is 9.27. The van der Waals surface area contributed by atoms with Crippen LogP contribution in [0.15, 0.2) is 0 Å². The Bertz CT molecular complexity index is 395. The zero-order valence-corrected chi connectivity index (χ0v) is 15.4. The van der Waals surface area contributed by atoms with Crippen molar-refractivity contribution in [3.63, 3.8) is 0 Å².